The molecule has 2 heteroatoms. The zero-order valence-electron chi connectivity index (χ0n) is 9.28. The lowest BCUT2D eigenvalue weighted by atomic mass is 9.94. The largest absolute Gasteiger partial charge is 0.370 e. The van der Waals surface area contributed by atoms with Crippen molar-refractivity contribution in [2.24, 2.45) is 5.92 Å². The van der Waals surface area contributed by atoms with Crippen LogP contribution in [0.3, 0.4) is 0 Å². The molecule has 1 N–H and O–H groups in total. The van der Waals surface area contributed by atoms with Crippen molar-refractivity contribution < 1.29 is 0 Å². The van der Waals surface area contributed by atoms with Crippen molar-refractivity contribution in [3.05, 3.63) is 37.1 Å². The molecule has 0 aliphatic carbocycles. The third-order valence-corrected chi connectivity index (χ3v) is 3.46. The highest BCUT2D eigenvalue weighted by Crippen LogP contribution is 2.27. The van der Waals surface area contributed by atoms with Gasteiger partial charge < -0.3 is 10.2 Å². The van der Waals surface area contributed by atoms with Crippen molar-refractivity contribution in [2.45, 2.75) is 18.9 Å². The molecule has 0 radical (unpaired) electrons. The molecule has 0 amide bonds. The highest BCUT2D eigenvalue weighted by molar-refractivity contribution is 5.21. The van der Waals surface area contributed by atoms with Gasteiger partial charge in [-0.05, 0) is 37.5 Å². The molecule has 2 nitrogen and oxygen atoms in total. The standard InChI is InChI=1S/C13H20N2/c1-3-6-12(4-2)15-9-11-7-5-8-14-13(11)10-15/h3-4,6,11,13-14H,1-2,5,7-10H2. The van der Waals surface area contributed by atoms with Crippen LogP contribution in [0.5, 0.6) is 0 Å². The minimum atomic E-state index is 0.687. The molecule has 2 fully saturated rings. The Morgan fingerprint density at radius 2 is 2.20 bits per heavy atom. The molecule has 0 aromatic heterocycles. The first kappa shape index (κ1) is 10.5. The Morgan fingerprint density at radius 1 is 1.33 bits per heavy atom. The number of hydrogen-bond donors (Lipinski definition) is 1. The first-order valence-corrected chi connectivity index (χ1v) is 5.78. The molecule has 0 aromatic rings. The maximum atomic E-state index is 3.86. The lowest BCUT2D eigenvalue weighted by Crippen LogP contribution is -2.40. The Labute approximate surface area is 92.3 Å². The van der Waals surface area contributed by atoms with Crippen LogP contribution in [0.4, 0.5) is 0 Å². The maximum Gasteiger partial charge on any atom is 0.0360 e. The second-order valence-electron chi connectivity index (χ2n) is 4.40. The van der Waals surface area contributed by atoms with E-state index in [-0.39, 0.29) is 0 Å². The first-order valence-electron chi connectivity index (χ1n) is 5.78. The van der Waals surface area contributed by atoms with Crippen LogP contribution < -0.4 is 5.32 Å². The molecule has 0 spiro atoms. The third-order valence-electron chi connectivity index (χ3n) is 3.46. The number of hydrogen-bond acceptors (Lipinski definition) is 2. The van der Waals surface area contributed by atoms with E-state index in [1.807, 2.05) is 18.2 Å². The van der Waals surface area contributed by atoms with Gasteiger partial charge in [0.05, 0.1) is 0 Å². The molecule has 0 saturated carbocycles. The van der Waals surface area contributed by atoms with E-state index in [9.17, 15) is 0 Å². The average molecular weight is 204 g/mol. The average Bonchev–Trinajstić information content (AvgIpc) is 2.69. The van der Waals surface area contributed by atoms with E-state index in [4.69, 9.17) is 0 Å². The van der Waals surface area contributed by atoms with E-state index in [0.29, 0.717) is 6.04 Å². The summed E-state index contributed by atoms with van der Waals surface area (Å²) in [7, 11) is 0. The summed E-state index contributed by atoms with van der Waals surface area (Å²) in [5.41, 5.74) is 1.21. The number of fused-ring (bicyclic) bond motifs is 1. The van der Waals surface area contributed by atoms with Gasteiger partial charge in [0.15, 0.2) is 0 Å². The molecule has 82 valence electrons. The van der Waals surface area contributed by atoms with Crippen molar-refractivity contribution in [2.75, 3.05) is 19.6 Å². The van der Waals surface area contributed by atoms with Gasteiger partial charge in [-0.2, -0.15) is 0 Å². The van der Waals surface area contributed by atoms with E-state index < -0.39 is 0 Å². The van der Waals surface area contributed by atoms with Crippen molar-refractivity contribution in [3.8, 4) is 0 Å². The van der Waals surface area contributed by atoms with Gasteiger partial charge >= 0.3 is 0 Å². The van der Waals surface area contributed by atoms with E-state index >= 15 is 0 Å². The molecule has 0 bridgehead atoms. The first-order chi connectivity index (χ1) is 7.35. The normalized spacial score (nSPS) is 31.2. The summed E-state index contributed by atoms with van der Waals surface area (Å²) < 4.78 is 0. The Balaban J connectivity index is 2.04. The summed E-state index contributed by atoms with van der Waals surface area (Å²) in [6, 6.07) is 0.687. The molecule has 2 saturated heterocycles. The predicted molar refractivity (Wildman–Crippen MR) is 64.6 cm³/mol. The van der Waals surface area contributed by atoms with Gasteiger partial charge in [0.25, 0.3) is 0 Å². The summed E-state index contributed by atoms with van der Waals surface area (Å²) in [5, 5.41) is 3.60. The van der Waals surface area contributed by atoms with Crippen molar-refractivity contribution in [1.82, 2.24) is 10.2 Å². The van der Waals surface area contributed by atoms with Crippen LogP contribution in [0.15, 0.2) is 37.1 Å². The van der Waals surface area contributed by atoms with E-state index in [1.54, 1.807) is 0 Å². The Bertz CT molecular complexity index is 266. The number of likely N-dealkylation sites (tertiary alicyclic amines) is 1. The number of rotatable bonds is 3. The molecule has 2 aliphatic heterocycles. The highest BCUT2D eigenvalue weighted by atomic mass is 15.2. The van der Waals surface area contributed by atoms with E-state index in [0.717, 1.165) is 12.5 Å². The van der Waals surface area contributed by atoms with Gasteiger partial charge in [-0.3, -0.25) is 0 Å². The Morgan fingerprint density at radius 3 is 2.87 bits per heavy atom. The monoisotopic (exact) mass is 204 g/mol. The number of piperidine rings is 1. The zero-order valence-corrected chi connectivity index (χ0v) is 9.28. The predicted octanol–water partition coefficient (Wildman–Crippen LogP) is 1.93. The van der Waals surface area contributed by atoms with Crippen molar-refractivity contribution in [3.63, 3.8) is 0 Å². The summed E-state index contributed by atoms with van der Waals surface area (Å²) in [6.07, 6.45) is 8.51. The lowest BCUT2D eigenvalue weighted by molar-refractivity contribution is 0.338. The molecule has 2 rings (SSSR count). The van der Waals surface area contributed by atoms with Crippen LogP contribution >= 0.6 is 0 Å². The molecule has 2 atom stereocenters. The Kier molecular flexibility index (Phi) is 3.27. The molecule has 2 aliphatic rings. The second-order valence-corrected chi connectivity index (χ2v) is 4.40. The number of nitrogens with zero attached hydrogens (tertiary/aromatic N) is 1. The fourth-order valence-electron chi connectivity index (χ4n) is 2.68. The summed E-state index contributed by atoms with van der Waals surface area (Å²) in [4.78, 5) is 2.42. The van der Waals surface area contributed by atoms with Gasteiger partial charge in [-0.25, -0.2) is 0 Å². The highest BCUT2D eigenvalue weighted by Gasteiger charge is 2.34. The SMILES string of the molecule is C=CC=C(C=C)N1CC2CCCNC2C1. The van der Waals surface area contributed by atoms with Gasteiger partial charge in [0, 0.05) is 24.8 Å². The van der Waals surface area contributed by atoms with Crippen LogP contribution in [0.2, 0.25) is 0 Å². The summed E-state index contributed by atoms with van der Waals surface area (Å²) >= 11 is 0. The van der Waals surface area contributed by atoms with Gasteiger partial charge in [-0.15, -0.1) is 0 Å². The lowest BCUT2D eigenvalue weighted by Gasteiger charge is -2.24. The van der Waals surface area contributed by atoms with Crippen LogP contribution in [-0.2, 0) is 0 Å². The zero-order chi connectivity index (χ0) is 10.7. The van der Waals surface area contributed by atoms with Gasteiger partial charge in [-0.1, -0.05) is 19.2 Å². The topological polar surface area (TPSA) is 15.3 Å². The summed E-state index contributed by atoms with van der Waals surface area (Å²) in [6.45, 7) is 11.1. The summed E-state index contributed by atoms with van der Waals surface area (Å²) in [5.74, 6) is 0.826. The van der Waals surface area contributed by atoms with Crippen LogP contribution in [0.1, 0.15) is 12.8 Å². The Hall–Kier alpha value is -1.02. The second kappa shape index (κ2) is 4.67. The van der Waals surface area contributed by atoms with Gasteiger partial charge in [0.1, 0.15) is 0 Å². The molecule has 2 heterocycles. The smallest absolute Gasteiger partial charge is 0.0360 e. The van der Waals surface area contributed by atoms with Crippen LogP contribution in [0.25, 0.3) is 0 Å². The van der Waals surface area contributed by atoms with Crippen molar-refractivity contribution in [1.29, 1.82) is 0 Å². The maximum absolute atomic E-state index is 3.86. The van der Waals surface area contributed by atoms with Crippen LogP contribution in [-0.4, -0.2) is 30.6 Å². The number of nitrogens with one attached hydrogen (secondary N) is 1. The molecule has 15 heavy (non-hydrogen) atoms. The van der Waals surface area contributed by atoms with Crippen LogP contribution in [0, 0.1) is 5.92 Å². The van der Waals surface area contributed by atoms with E-state index in [1.165, 1.54) is 31.6 Å². The van der Waals surface area contributed by atoms with Crippen molar-refractivity contribution >= 4 is 0 Å². The fraction of sp³-hybridized carbons (Fsp3) is 0.538. The molecular formula is C13H20N2. The minimum Gasteiger partial charge on any atom is -0.370 e. The third kappa shape index (κ3) is 2.15. The van der Waals surface area contributed by atoms with Gasteiger partial charge in [0.2, 0.25) is 0 Å². The quantitative estimate of drug-likeness (QED) is 0.707. The molecule has 0 aromatic carbocycles. The minimum absolute atomic E-state index is 0.687. The number of allylic oxidation sites excluding steroid dienone is 3. The molecular weight excluding hydrogens is 184 g/mol. The molecule has 2 unspecified atom stereocenters. The van der Waals surface area contributed by atoms with E-state index in [2.05, 4.69) is 23.4 Å². The fourth-order valence-corrected chi connectivity index (χ4v) is 2.68.